The zero-order chi connectivity index (χ0) is 17.4. The van der Waals surface area contributed by atoms with E-state index in [1.165, 1.54) is 41.4 Å². The summed E-state index contributed by atoms with van der Waals surface area (Å²) >= 11 is 1.27. The normalized spacial score (nSPS) is 15.8. The van der Waals surface area contributed by atoms with Gasteiger partial charge in [-0.1, -0.05) is 18.2 Å². The Kier molecular flexibility index (Phi) is 4.54. The molecule has 1 fully saturated rings. The lowest BCUT2D eigenvalue weighted by Crippen LogP contribution is -2.26. The number of rotatable bonds is 3. The van der Waals surface area contributed by atoms with Crippen LogP contribution in [0.1, 0.15) is 29.9 Å². The SMILES string of the molecule is Cc1cc(C2CCNCC2)cc2c1nc(-c1ccc(SN)cc1)n2C. The molecular formula is C20H24N4S. The topological polar surface area (TPSA) is 55.9 Å². The molecule has 1 aromatic heterocycles. The van der Waals surface area contributed by atoms with Crippen LogP contribution in [-0.4, -0.2) is 22.6 Å². The number of hydrogen-bond acceptors (Lipinski definition) is 4. The van der Waals surface area contributed by atoms with E-state index in [4.69, 9.17) is 10.1 Å². The summed E-state index contributed by atoms with van der Waals surface area (Å²) in [6, 6.07) is 13.0. The molecule has 0 amide bonds. The minimum absolute atomic E-state index is 0.656. The van der Waals surface area contributed by atoms with Crippen molar-refractivity contribution in [3.63, 3.8) is 0 Å². The largest absolute Gasteiger partial charge is 0.327 e. The molecule has 0 aliphatic carbocycles. The van der Waals surface area contributed by atoms with Crippen molar-refractivity contribution >= 4 is 23.0 Å². The number of hydrogen-bond donors (Lipinski definition) is 2. The Morgan fingerprint density at radius 2 is 1.88 bits per heavy atom. The second-order valence-electron chi connectivity index (χ2n) is 6.87. The van der Waals surface area contributed by atoms with Crippen LogP contribution < -0.4 is 10.5 Å². The van der Waals surface area contributed by atoms with Gasteiger partial charge in [0, 0.05) is 17.5 Å². The molecule has 3 aromatic rings. The first-order valence-corrected chi connectivity index (χ1v) is 9.70. The average Bonchev–Trinajstić information content (AvgIpc) is 3.00. The second kappa shape index (κ2) is 6.83. The molecule has 130 valence electrons. The summed E-state index contributed by atoms with van der Waals surface area (Å²) < 4.78 is 2.22. The van der Waals surface area contributed by atoms with E-state index in [0.29, 0.717) is 5.92 Å². The molecule has 0 spiro atoms. The number of imidazole rings is 1. The molecular weight excluding hydrogens is 328 g/mol. The van der Waals surface area contributed by atoms with Gasteiger partial charge in [-0.3, -0.25) is 5.14 Å². The van der Waals surface area contributed by atoms with Crippen molar-refractivity contribution in [2.45, 2.75) is 30.6 Å². The lowest BCUT2D eigenvalue weighted by molar-refractivity contribution is 0.460. The number of nitrogens with zero attached hydrogens (tertiary/aromatic N) is 2. The second-order valence-corrected chi connectivity index (χ2v) is 7.57. The summed E-state index contributed by atoms with van der Waals surface area (Å²) in [6.07, 6.45) is 2.43. The third kappa shape index (κ3) is 3.08. The lowest BCUT2D eigenvalue weighted by Gasteiger charge is -2.23. The van der Waals surface area contributed by atoms with E-state index in [2.05, 4.69) is 48.1 Å². The molecule has 1 saturated heterocycles. The van der Waals surface area contributed by atoms with Crippen LogP contribution in [0.15, 0.2) is 41.3 Å². The first-order valence-electron chi connectivity index (χ1n) is 8.82. The molecule has 0 saturated carbocycles. The molecule has 25 heavy (non-hydrogen) atoms. The highest BCUT2D eigenvalue weighted by Gasteiger charge is 2.19. The quantitative estimate of drug-likeness (QED) is 0.700. The maximum absolute atomic E-state index is 5.63. The van der Waals surface area contributed by atoms with Gasteiger partial charge in [-0.2, -0.15) is 0 Å². The Balaban J connectivity index is 1.79. The number of aromatic nitrogens is 2. The van der Waals surface area contributed by atoms with Crippen LogP contribution in [0, 0.1) is 6.92 Å². The zero-order valence-electron chi connectivity index (χ0n) is 14.7. The van der Waals surface area contributed by atoms with Gasteiger partial charge < -0.3 is 9.88 Å². The molecule has 0 unspecified atom stereocenters. The minimum Gasteiger partial charge on any atom is -0.327 e. The van der Waals surface area contributed by atoms with E-state index in [0.717, 1.165) is 34.9 Å². The molecule has 2 aromatic carbocycles. The molecule has 1 aliphatic rings. The van der Waals surface area contributed by atoms with Crippen molar-refractivity contribution in [2.75, 3.05) is 13.1 Å². The third-order valence-corrected chi connectivity index (χ3v) is 5.80. The molecule has 0 bridgehead atoms. The van der Waals surface area contributed by atoms with Gasteiger partial charge in [-0.15, -0.1) is 0 Å². The monoisotopic (exact) mass is 352 g/mol. The van der Waals surface area contributed by atoms with E-state index < -0.39 is 0 Å². The molecule has 0 atom stereocenters. The van der Waals surface area contributed by atoms with Gasteiger partial charge in [0.15, 0.2) is 0 Å². The molecule has 2 heterocycles. The summed E-state index contributed by atoms with van der Waals surface area (Å²) in [5.41, 5.74) is 6.17. The number of fused-ring (bicyclic) bond motifs is 1. The Hall–Kier alpha value is -1.82. The number of benzene rings is 2. The fraction of sp³-hybridized carbons (Fsp3) is 0.350. The highest BCUT2D eigenvalue weighted by Crippen LogP contribution is 2.32. The summed E-state index contributed by atoms with van der Waals surface area (Å²) in [4.78, 5) is 6.00. The van der Waals surface area contributed by atoms with Crippen molar-refractivity contribution < 1.29 is 0 Å². The van der Waals surface area contributed by atoms with Crippen LogP contribution in [0.4, 0.5) is 0 Å². The van der Waals surface area contributed by atoms with Gasteiger partial charge in [-0.25, -0.2) is 4.98 Å². The molecule has 4 nitrogen and oxygen atoms in total. The summed E-state index contributed by atoms with van der Waals surface area (Å²) in [6.45, 7) is 4.41. The van der Waals surface area contributed by atoms with Crippen molar-refractivity contribution in [2.24, 2.45) is 12.2 Å². The van der Waals surface area contributed by atoms with Gasteiger partial charge in [0.25, 0.3) is 0 Å². The first kappa shape index (κ1) is 16.6. The summed E-state index contributed by atoms with van der Waals surface area (Å²) in [5.74, 6) is 1.66. The van der Waals surface area contributed by atoms with Gasteiger partial charge in [-0.05, 0) is 80.0 Å². The number of nitrogens with one attached hydrogen (secondary N) is 1. The van der Waals surface area contributed by atoms with Gasteiger partial charge in [0.05, 0.1) is 11.0 Å². The minimum atomic E-state index is 0.656. The van der Waals surface area contributed by atoms with Crippen LogP contribution in [0.25, 0.3) is 22.4 Å². The van der Waals surface area contributed by atoms with Crippen molar-refractivity contribution in [3.8, 4) is 11.4 Å². The number of aryl methyl sites for hydroxylation is 2. The smallest absolute Gasteiger partial charge is 0.140 e. The van der Waals surface area contributed by atoms with Crippen LogP contribution in [-0.2, 0) is 7.05 Å². The fourth-order valence-electron chi connectivity index (χ4n) is 3.82. The van der Waals surface area contributed by atoms with Crippen LogP contribution >= 0.6 is 11.9 Å². The van der Waals surface area contributed by atoms with E-state index in [1.807, 2.05) is 12.1 Å². The Labute approximate surface area is 153 Å². The van der Waals surface area contributed by atoms with Crippen molar-refractivity contribution in [1.29, 1.82) is 0 Å². The standard InChI is InChI=1S/C20H24N4S/c1-13-11-16(14-7-9-22-10-8-14)12-18-19(13)23-20(24(18)2)15-3-5-17(25-21)6-4-15/h3-6,11-12,14,22H,7-10,21H2,1-2H3. The fourth-order valence-corrected chi connectivity index (χ4v) is 4.11. The highest BCUT2D eigenvalue weighted by molar-refractivity contribution is 7.97. The van der Waals surface area contributed by atoms with Gasteiger partial charge >= 0.3 is 0 Å². The van der Waals surface area contributed by atoms with E-state index >= 15 is 0 Å². The maximum atomic E-state index is 5.63. The lowest BCUT2D eigenvalue weighted by atomic mass is 9.89. The maximum Gasteiger partial charge on any atom is 0.140 e. The zero-order valence-corrected chi connectivity index (χ0v) is 15.6. The van der Waals surface area contributed by atoms with Gasteiger partial charge in [0.2, 0.25) is 0 Å². The molecule has 0 radical (unpaired) electrons. The van der Waals surface area contributed by atoms with Crippen LogP contribution in [0.5, 0.6) is 0 Å². The molecule has 1 aliphatic heterocycles. The third-order valence-electron chi connectivity index (χ3n) is 5.26. The Morgan fingerprint density at radius 3 is 2.56 bits per heavy atom. The molecule has 5 heteroatoms. The van der Waals surface area contributed by atoms with E-state index in [1.54, 1.807) is 0 Å². The summed E-state index contributed by atoms with van der Waals surface area (Å²) in [7, 11) is 2.11. The van der Waals surface area contributed by atoms with Crippen LogP contribution in [0.2, 0.25) is 0 Å². The highest BCUT2D eigenvalue weighted by atomic mass is 32.2. The number of nitrogens with two attached hydrogens (primary N) is 1. The first-order chi connectivity index (χ1) is 12.2. The number of piperidine rings is 1. The van der Waals surface area contributed by atoms with Crippen molar-refractivity contribution in [3.05, 3.63) is 47.5 Å². The van der Waals surface area contributed by atoms with Crippen LogP contribution in [0.3, 0.4) is 0 Å². The van der Waals surface area contributed by atoms with E-state index in [9.17, 15) is 0 Å². The molecule has 4 rings (SSSR count). The summed E-state index contributed by atoms with van der Waals surface area (Å²) in [5, 5.41) is 9.08. The average molecular weight is 353 g/mol. The van der Waals surface area contributed by atoms with E-state index in [-0.39, 0.29) is 0 Å². The van der Waals surface area contributed by atoms with Gasteiger partial charge in [0.1, 0.15) is 5.82 Å². The Morgan fingerprint density at radius 1 is 1.16 bits per heavy atom. The Bertz CT molecular complexity index is 892. The predicted octanol–water partition coefficient (Wildman–Crippen LogP) is 3.98. The molecule has 3 N–H and O–H groups in total. The van der Waals surface area contributed by atoms with Crippen molar-refractivity contribution in [1.82, 2.24) is 14.9 Å². The predicted molar refractivity (Wildman–Crippen MR) is 106 cm³/mol.